The Morgan fingerprint density at radius 2 is 2.06 bits per heavy atom. The number of hydrogen-bond donors (Lipinski definition) is 1. The zero-order chi connectivity index (χ0) is 11.7. The summed E-state index contributed by atoms with van der Waals surface area (Å²) in [6, 6.07) is -0.263. The molecule has 0 aromatic heterocycles. The molecule has 1 aliphatic heterocycles. The fraction of sp³-hybridized carbons (Fsp3) is 0.833. The van der Waals surface area contributed by atoms with Gasteiger partial charge in [-0.25, -0.2) is 0 Å². The standard InChI is InChI=1S/C12H20N2O2/c1-3-10-12(16)14(7-9-4-5-9)8(2)6-11(15)13-10/h8-10H,3-7H2,1-2H3,(H,13,15). The Bertz CT molecular complexity index is 299. The molecule has 2 fully saturated rings. The van der Waals surface area contributed by atoms with Gasteiger partial charge in [-0.2, -0.15) is 0 Å². The molecule has 0 spiro atoms. The van der Waals surface area contributed by atoms with Gasteiger partial charge >= 0.3 is 0 Å². The van der Waals surface area contributed by atoms with Crippen LogP contribution in [0.25, 0.3) is 0 Å². The predicted octanol–water partition coefficient (Wildman–Crippen LogP) is 0.912. The fourth-order valence-electron chi connectivity index (χ4n) is 2.24. The summed E-state index contributed by atoms with van der Waals surface area (Å²) in [7, 11) is 0. The Morgan fingerprint density at radius 1 is 1.38 bits per heavy atom. The van der Waals surface area contributed by atoms with Crippen LogP contribution in [0.3, 0.4) is 0 Å². The number of nitrogens with one attached hydrogen (secondary N) is 1. The largest absolute Gasteiger partial charge is 0.344 e. The van der Waals surface area contributed by atoms with Crippen molar-refractivity contribution < 1.29 is 9.59 Å². The van der Waals surface area contributed by atoms with Crippen molar-refractivity contribution in [3.63, 3.8) is 0 Å². The quantitative estimate of drug-likeness (QED) is 0.774. The molecule has 2 amide bonds. The average Bonchev–Trinajstić information content (AvgIpc) is 3.04. The van der Waals surface area contributed by atoms with E-state index in [2.05, 4.69) is 5.32 Å². The van der Waals surface area contributed by atoms with Gasteiger partial charge in [0.05, 0.1) is 0 Å². The van der Waals surface area contributed by atoms with Crippen molar-refractivity contribution in [2.75, 3.05) is 6.54 Å². The van der Waals surface area contributed by atoms with Gasteiger partial charge in [0.15, 0.2) is 0 Å². The highest BCUT2D eigenvalue weighted by Crippen LogP contribution is 2.31. The highest BCUT2D eigenvalue weighted by Gasteiger charge is 2.36. The molecule has 1 N–H and O–H groups in total. The first-order chi connectivity index (χ1) is 7.61. The number of carbonyl (C=O) groups is 2. The summed E-state index contributed by atoms with van der Waals surface area (Å²) >= 11 is 0. The van der Waals surface area contributed by atoms with E-state index in [-0.39, 0.29) is 23.9 Å². The van der Waals surface area contributed by atoms with Crippen LogP contribution in [0.4, 0.5) is 0 Å². The first kappa shape index (κ1) is 11.4. The predicted molar refractivity (Wildman–Crippen MR) is 60.7 cm³/mol. The summed E-state index contributed by atoms with van der Waals surface area (Å²) < 4.78 is 0. The summed E-state index contributed by atoms with van der Waals surface area (Å²) in [5, 5.41) is 2.80. The lowest BCUT2D eigenvalue weighted by Crippen LogP contribution is -2.46. The van der Waals surface area contributed by atoms with Crippen LogP contribution in [0.5, 0.6) is 0 Å². The highest BCUT2D eigenvalue weighted by atomic mass is 16.2. The summed E-state index contributed by atoms with van der Waals surface area (Å²) in [5.41, 5.74) is 0. The smallest absolute Gasteiger partial charge is 0.245 e. The Kier molecular flexibility index (Phi) is 3.17. The molecule has 0 bridgehead atoms. The zero-order valence-corrected chi connectivity index (χ0v) is 10.0. The molecule has 1 aliphatic carbocycles. The summed E-state index contributed by atoms with van der Waals surface area (Å²) in [5.74, 6) is 0.788. The van der Waals surface area contributed by atoms with Crippen molar-refractivity contribution in [3.05, 3.63) is 0 Å². The second-order valence-electron chi connectivity index (χ2n) is 5.02. The number of carbonyl (C=O) groups excluding carboxylic acids is 2. The summed E-state index contributed by atoms with van der Waals surface area (Å²) in [6.45, 7) is 4.75. The van der Waals surface area contributed by atoms with E-state index < -0.39 is 0 Å². The minimum Gasteiger partial charge on any atom is -0.344 e. The van der Waals surface area contributed by atoms with Crippen LogP contribution in [0.1, 0.15) is 39.5 Å². The molecule has 0 aromatic rings. The molecule has 0 aromatic carbocycles. The van der Waals surface area contributed by atoms with Crippen LogP contribution in [0.15, 0.2) is 0 Å². The maximum absolute atomic E-state index is 12.2. The lowest BCUT2D eigenvalue weighted by atomic mass is 10.1. The molecular weight excluding hydrogens is 204 g/mol. The monoisotopic (exact) mass is 224 g/mol. The molecule has 2 rings (SSSR count). The molecule has 4 nitrogen and oxygen atoms in total. The third-order valence-corrected chi connectivity index (χ3v) is 3.49. The molecule has 90 valence electrons. The van der Waals surface area contributed by atoms with Crippen molar-refractivity contribution in [1.82, 2.24) is 10.2 Å². The molecule has 1 heterocycles. The van der Waals surface area contributed by atoms with Crippen molar-refractivity contribution in [2.45, 2.75) is 51.6 Å². The Balaban J connectivity index is 2.11. The topological polar surface area (TPSA) is 49.4 Å². The zero-order valence-electron chi connectivity index (χ0n) is 10.0. The summed E-state index contributed by atoms with van der Waals surface area (Å²) in [6.07, 6.45) is 3.58. The second-order valence-corrected chi connectivity index (χ2v) is 5.02. The van der Waals surface area contributed by atoms with Crippen LogP contribution in [-0.2, 0) is 9.59 Å². The van der Waals surface area contributed by atoms with E-state index >= 15 is 0 Å². The van der Waals surface area contributed by atoms with Gasteiger partial charge in [0.2, 0.25) is 11.8 Å². The minimum absolute atomic E-state index is 0.00555. The Labute approximate surface area is 96.4 Å². The van der Waals surface area contributed by atoms with Gasteiger partial charge < -0.3 is 10.2 Å². The van der Waals surface area contributed by atoms with Crippen LogP contribution < -0.4 is 5.32 Å². The molecule has 16 heavy (non-hydrogen) atoms. The normalized spacial score (nSPS) is 31.2. The molecule has 2 aliphatic rings. The van der Waals surface area contributed by atoms with Gasteiger partial charge in [0.25, 0.3) is 0 Å². The fourth-order valence-corrected chi connectivity index (χ4v) is 2.24. The van der Waals surface area contributed by atoms with Crippen LogP contribution in [0.2, 0.25) is 0 Å². The second kappa shape index (κ2) is 4.44. The summed E-state index contributed by atoms with van der Waals surface area (Å²) in [4.78, 5) is 25.7. The number of rotatable bonds is 3. The van der Waals surface area contributed by atoms with Gasteiger partial charge in [-0.3, -0.25) is 9.59 Å². The molecule has 2 atom stereocenters. The van der Waals surface area contributed by atoms with E-state index in [1.165, 1.54) is 12.8 Å². The van der Waals surface area contributed by atoms with E-state index in [0.29, 0.717) is 18.8 Å². The highest BCUT2D eigenvalue weighted by molar-refractivity contribution is 5.90. The van der Waals surface area contributed by atoms with E-state index in [1.807, 2.05) is 18.7 Å². The molecule has 2 unspecified atom stereocenters. The first-order valence-corrected chi connectivity index (χ1v) is 6.21. The Morgan fingerprint density at radius 3 is 2.62 bits per heavy atom. The van der Waals surface area contributed by atoms with E-state index in [1.54, 1.807) is 0 Å². The number of hydrogen-bond acceptors (Lipinski definition) is 2. The van der Waals surface area contributed by atoms with Crippen LogP contribution in [-0.4, -0.2) is 35.3 Å². The maximum atomic E-state index is 12.2. The molecular formula is C12H20N2O2. The van der Waals surface area contributed by atoms with Gasteiger partial charge in [-0.15, -0.1) is 0 Å². The first-order valence-electron chi connectivity index (χ1n) is 6.21. The van der Waals surface area contributed by atoms with Crippen molar-refractivity contribution in [2.24, 2.45) is 5.92 Å². The van der Waals surface area contributed by atoms with Crippen molar-refractivity contribution >= 4 is 11.8 Å². The average molecular weight is 224 g/mol. The molecule has 0 radical (unpaired) electrons. The van der Waals surface area contributed by atoms with Gasteiger partial charge in [-0.05, 0) is 32.1 Å². The molecule has 1 saturated heterocycles. The third-order valence-electron chi connectivity index (χ3n) is 3.49. The van der Waals surface area contributed by atoms with Crippen molar-refractivity contribution in [3.8, 4) is 0 Å². The number of amides is 2. The molecule has 1 saturated carbocycles. The van der Waals surface area contributed by atoms with Crippen LogP contribution >= 0.6 is 0 Å². The SMILES string of the molecule is CCC1NC(=O)CC(C)N(CC2CC2)C1=O. The minimum atomic E-state index is -0.309. The van der Waals surface area contributed by atoms with E-state index in [9.17, 15) is 9.59 Å². The maximum Gasteiger partial charge on any atom is 0.245 e. The van der Waals surface area contributed by atoms with E-state index in [0.717, 1.165) is 6.54 Å². The van der Waals surface area contributed by atoms with Gasteiger partial charge in [0, 0.05) is 19.0 Å². The Hall–Kier alpha value is -1.06. The van der Waals surface area contributed by atoms with E-state index in [4.69, 9.17) is 0 Å². The lowest BCUT2D eigenvalue weighted by Gasteiger charge is -2.28. The number of nitrogens with zero attached hydrogens (tertiary/aromatic N) is 1. The van der Waals surface area contributed by atoms with Gasteiger partial charge in [0.1, 0.15) is 6.04 Å². The van der Waals surface area contributed by atoms with Crippen LogP contribution in [0, 0.1) is 5.92 Å². The molecule has 4 heteroatoms. The third kappa shape index (κ3) is 2.36. The lowest BCUT2D eigenvalue weighted by molar-refractivity contribution is -0.135. The van der Waals surface area contributed by atoms with Gasteiger partial charge in [-0.1, -0.05) is 6.92 Å². The van der Waals surface area contributed by atoms with Crippen molar-refractivity contribution in [1.29, 1.82) is 0 Å².